The number of cyclic esters (lactones) is 1. The number of ether oxygens (including phenoxy) is 2. The number of carbonyl (C=O) groups is 3. The van der Waals surface area contributed by atoms with Crippen molar-refractivity contribution in [2.75, 3.05) is 0 Å². The van der Waals surface area contributed by atoms with E-state index in [2.05, 4.69) is 12.7 Å². The normalized spacial score (nSPS) is 25.4. The van der Waals surface area contributed by atoms with Crippen molar-refractivity contribution in [1.29, 1.82) is 0 Å². The number of ketones is 2. The second-order valence-electron chi connectivity index (χ2n) is 7.91. The Kier molecular flexibility index (Phi) is 6.79. The quantitative estimate of drug-likeness (QED) is 0.360. The lowest BCUT2D eigenvalue weighted by Gasteiger charge is -2.38. The van der Waals surface area contributed by atoms with E-state index in [1.54, 1.807) is 13.8 Å². The zero-order valence-electron chi connectivity index (χ0n) is 16.7. The molecule has 0 radical (unpaired) electrons. The largest absolute Gasteiger partial charge is 0.456 e. The van der Waals surface area contributed by atoms with Gasteiger partial charge in [0.15, 0.2) is 5.78 Å². The molecule has 0 amide bonds. The van der Waals surface area contributed by atoms with Crippen LogP contribution in [0.4, 0.5) is 0 Å². The highest BCUT2D eigenvalue weighted by atomic mass is 16.7. The van der Waals surface area contributed by atoms with Crippen LogP contribution < -0.4 is 0 Å². The average molecular weight is 374 g/mol. The zero-order chi connectivity index (χ0) is 20.2. The Morgan fingerprint density at radius 3 is 2.67 bits per heavy atom. The van der Waals surface area contributed by atoms with Crippen molar-refractivity contribution in [1.82, 2.24) is 0 Å². The minimum atomic E-state index is -1.15. The van der Waals surface area contributed by atoms with Crippen LogP contribution in [0.3, 0.4) is 0 Å². The van der Waals surface area contributed by atoms with E-state index in [1.807, 2.05) is 19.9 Å². The van der Waals surface area contributed by atoms with Gasteiger partial charge in [-0.25, -0.2) is 4.79 Å². The van der Waals surface area contributed by atoms with Gasteiger partial charge in [0.25, 0.3) is 0 Å². The van der Waals surface area contributed by atoms with E-state index in [1.165, 1.54) is 11.6 Å². The fourth-order valence-corrected chi connectivity index (χ4v) is 3.85. The molecule has 1 aliphatic carbocycles. The van der Waals surface area contributed by atoms with E-state index in [9.17, 15) is 14.4 Å². The van der Waals surface area contributed by atoms with Gasteiger partial charge in [0, 0.05) is 26.2 Å². The predicted molar refractivity (Wildman–Crippen MR) is 103 cm³/mol. The van der Waals surface area contributed by atoms with Crippen molar-refractivity contribution in [3.63, 3.8) is 0 Å². The lowest BCUT2D eigenvalue weighted by Crippen LogP contribution is -2.41. The molecule has 0 aromatic carbocycles. The molecule has 5 nitrogen and oxygen atoms in total. The number of hydrogen-bond donors (Lipinski definition) is 0. The first-order valence-electron chi connectivity index (χ1n) is 9.64. The van der Waals surface area contributed by atoms with Crippen LogP contribution in [0.5, 0.6) is 0 Å². The van der Waals surface area contributed by atoms with Gasteiger partial charge in [-0.3, -0.25) is 9.59 Å². The van der Waals surface area contributed by atoms with Crippen molar-refractivity contribution in [2.45, 2.75) is 65.6 Å². The van der Waals surface area contributed by atoms with Crippen LogP contribution >= 0.6 is 0 Å². The van der Waals surface area contributed by atoms with Crippen LogP contribution in [0.15, 0.2) is 36.1 Å². The summed E-state index contributed by atoms with van der Waals surface area (Å²) in [4.78, 5) is 37.3. The van der Waals surface area contributed by atoms with Crippen LogP contribution in [0.1, 0.15) is 59.8 Å². The number of carbonyl (C=O) groups excluding carboxylic acids is 3. The Hall–Kier alpha value is -2.17. The molecule has 0 fully saturated rings. The minimum Gasteiger partial charge on any atom is -0.456 e. The van der Waals surface area contributed by atoms with Crippen LogP contribution in [0, 0.1) is 17.8 Å². The lowest BCUT2D eigenvalue weighted by atomic mass is 9.71. The van der Waals surface area contributed by atoms with Crippen molar-refractivity contribution in [2.24, 2.45) is 17.8 Å². The third-order valence-corrected chi connectivity index (χ3v) is 5.05. The molecule has 148 valence electrons. The van der Waals surface area contributed by atoms with Gasteiger partial charge >= 0.3 is 5.97 Å². The monoisotopic (exact) mass is 374 g/mol. The molecular weight excluding hydrogens is 344 g/mol. The topological polar surface area (TPSA) is 69.7 Å². The van der Waals surface area contributed by atoms with E-state index in [0.717, 1.165) is 12.8 Å². The molecule has 5 heteroatoms. The molecule has 0 saturated carbocycles. The fraction of sp³-hybridized carbons (Fsp3) is 0.591. The molecule has 27 heavy (non-hydrogen) atoms. The lowest BCUT2D eigenvalue weighted by molar-refractivity contribution is -0.208. The summed E-state index contributed by atoms with van der Waals surface area (Å²) in [6.07, 6.45) is 7.91. The molecule has 0 aromatic rings. The Morgan fingerprint density at radius 2 is 2.07 bits per heavy atom. The van der Waals surface area contributed by atoms with Crippen LogP contribution in [-0.4, -0.2) is 23.3 Å². The van der Waals surface area contributed by atoms with Crippen molar-refractivity contribution in [3.8, 4) is 0 Å². The van der Waals surface area contributed by atoms with Crippen LogP contribution in [-0.2, 0) is 23.9 Å². The maximum absolute atomic E-state index is 13.2. The first kappa shape index (κ1) is 21.1. The summed E-state index contributed by atoms with van der Waals surface area (Å²) in [6.45, 7) is 11.1. The van der Waals surface area contributed by atoms with Crippen molar-refractivity contribution >= 4 is 17.5 Å². The summed E-state index contributed by atoms with van der Waals surface area (Å²) in [5.41, 5.74) is 1.19. The number of allylic oxidation sites excluding steroid dienone is 4. The number of Topliss-reactive ketones (excluding diaryl/α,β-unsaturated/α-hetero) is 2. The number of hydrogen-bond acceptors (Lipinski definition) is 5. The Labute approximate surface area is 161 Å². The second-order valence-corrected chi connectivity index (χ2v) is 7.91. The summed E-state index contributed by atoms with van der Waals surface area (Å²) in [5, 5.41) is 0. The van der Waals surface area contributed by atoms with Crippen LogP contribution in [0.2, 0.25) is 0 Å². The molecule has 0 bridgehead atoms. The van der Waals surface area contributed by atoms with E-state index >= 15 is 0 Å². The molecule has 0 N–H and O–H groups in total. The van der Waals surface area contributed by atoms with E-state index in [-0.39, 0.29) is 35.6 Å². The van der Waals surface area contributed by atoms with Gasteiger partial charge < -0.3 is 9.47 Å². The number of esters is 1. The van der Waals surface area contributed by atoms with Gasteiger partial charge in [-0.1, -0.05) is 24.6 Å². The molecule has 1 unspecified atom stereocenters. The Bertz CT molecular complexity index is 683. The van der Waals surface area contributed by atoms with E-state index < -0.39 is 17.7 Å². The summed E-state index contributed by atoms with van der Waals surface area (Å²) >= 11 is 0. The molecule has 1 heterocycles. The standard InChI is InChI=1S/C22H30O5/c1-6-8-16(23)12-18(24)21(17-11-14(3)9-10-15(17)7-2)19-13-20(25)27-22(4,5)26-19/h7,11,13,15,17,21H,2,6,8-10,12H2,1,3-5H3/t15-,17-,21?/m1/s1. The van der Waals surface area contributed by atoms with E-state index in [4.69, 9.17) is 9.47 Å². The van der Waals surface area contributed by atoms with Crippen LogP contribution in [0.25, 0.3) is 0 Å². The molecule has 0 aromatic heterocycles. The highest BCUT2D eigenvalue weighted by molar-refractivity contribution is 6.01. The first-order chi connectivity index (χ1) is 12.7. The summed E-state index contributed by atoms with van der Waals surface area (Å²) in [5.74, 6) is -2.51. The number of rotatable bonds is 8. The van der Waals surface area contributed by atoms with Gasteiger partial charge in [0.05, 0.1) is 18.4 Å². The Balaban J connectivity index is 2.43. The highest BCUT2D eigenvalue weighted by Crippen LogP contribution is 2.41. The summed E-state index contributed by atoms with van der Waals surface area (Å²) in [7, 11) is 0. The maximum atomic E-state index is 13.2. The molecule has 2 aliphatic rings. The Morgan fingerprint density at radius 1 is 1.37 bits per heavy atom. The highest BCUT2D eigenvalue weighted by Gasteiger charge is 2.42. The SMILES string of the molecule is C=C[C@@H]1CCC(C)=C[C@H]1C(C(=O)CC(=O)CCC)C1=CC(=O)OC(C)(C)O1. The zero-order valence-corrected chi connectivity index (χ0v) is 16.7. The van der Waals surface area contributed by atoms with Crippen molar-refractivity contribution < 1.29 is 23.9 Å². The molecule has 0 spiro atoms. The fourth-order valence-electron chi connectivity index (χ4n) is 3.85. The predicted octanol–water partition coefficient (Wildman–Crippen LogP) is 4.28. The van der Waals surface area contributed by atoms with Gasteiger partial charge in [-0.15, -0.1) is 6.58 Å². The summed E-state index contributed by atoms with van der Waals surface area (Å²) in [6, 6.07) is 0. The van der Waals surface area contributed by atoms with Gasteiger partial charge in [-0.2, -0.15) is 0 Å². The minimum absolute atomic E-state index is 0.0782. The third kappa shape index (κ3) is 5.41. The third-order valence-electron chi connectivity index (χ3n) is 5.05. The molecule has 2 rings (SSSR count). The first-order valence-corrected chi connectivity index (χ1v) is 9.64. The van der Waals surface area contributed by atoms with Gasteiger partial charge in [0.1, 0.15) is 11.5 Å². The van der Waals surface area contributed by atoms with E-state index in [0.29, 0.717) is 12.8 Å². The average Bonchev–Trinajstić information content (AvgIpc) is 2.53. The smallest absolute Gasteiger partial charge is 0.337 e. The molecule has 3 atom stereocenters. The second kappa shape index (κ2) is 8.68. The maximum Gasteiger partial charge on any atom is 0.337 e. The molecular formula is C22H30O5. The molecule has 1 aliphatic heterocycles. The van der Waals surface area contributed by atoms with Gasteiger partial charge in [-0.05, 0) is 32.1 Å². The van der Waals surface area contributed by atoms with Crippen molar-refractivity contribution in [3.05, 3.63) is 36.1 Å². The molecule has 0 saturated heterocycles. The summed E-state index contributed by atoms with van der Waals surface area (Å²) < 4.78 is 11.0. The van der Waals surface area contributed by atoms with Gasteiger partial charge in [0.2, 0.25) is 5.79 Å².